The van der Waals surface area contributed by atoms with Crippen LogP contribution in [-0.2, 0) is 11.2 Å². The van der Waals surface area contributed by atoms with Crippen molar-refractivity contribution in [2.75, 3.05) is 29.9 Å². The van der Waals surface area contributed by atoms with E-state index >= 15 is 0 Å². The first-order valence-corrected chi connectivity index (χ1v) is 11.2. The summed E-state index contributed by atoms with van der Waals surface area (Å²) in [5, 5.41) is 3.04. The largest absolute Gasteiger partial charge is 0.358 e. The van der Waals surface area contributed by atoms with Crippen molar-refractivity contribution in [1.29, 1.82) is 0 Å². The van der Waals surface area contributed by atoms with Crippen LogP contribution in [0.4, 0.5) is 11.4 Å². The minimum absolute atomic E-state index is 0.0588. The molecule has 5 heteroatoms. The number of carbonyl (C=O) groups is 2. The molecule has 2 fully saturated rings. The van der Waals surface area contributed by atoms with Crippen LogP contribution in [-0.4, -0.2) is 42.4 Å². The number of amides is 2. The minimum Gasteiger partial charge on any atom is -0.358 e. The molecule has 2 aromatic rings. The SMILES string of the molecule is O=C1Nc2cc(C(=O)N3CCC(Cc4ccccc4)CC3)ccc2N2CCCC[C@@H]12. The third kappa shape index (κ3) is 3.69. The maximum absolute atomic E-state index is 13.1. The smallest absolute Gasteiger partial charge is 0.253 e. The van der Waals surface area contributed by atoms with Gasteiger partial charge in [0, 0.05) is 25.2 Å². The summed E-state index contributed by atoms with van der Waals surface area (Å²) in [5.74, 6) is 0.773. The van der Waals surface area contributed by atoms with Gasteiger partial charge in [-0.15, -0.1) is 0 Å². The average molecular weight is 404 g/mol. The summed E-state index contributed by atoms with van der Waals surface area (Å²) in [7, 11) is 0. The monoisotopic (exact) mass is 403 g/mol. The number of hydrogen-bond acceptors (Lipinski definition) is 3. The molecule has 30 heavy (non-hydrogen) atoms. The van der Waals surface area contributed by atoms with E-state index in [-0.39, 0.29) is 17.9 Å². The number of rotatable bonds is 3. The van der Waals surface area contributed by atoms with Crippen LogP contribution >= 0.6 is 0 Å². The Morgan fingerprint density at radius 3 is 2.57 bits per heavy atom. The zero-order valence-corrected chi connectivity index (χ0v) is 17.3. The number of benzene rings is 2. The third-order valence-electron chi connectivity index (χ3n) is 6.89. The Kier molecular flexibility index (Phi) is 5.19. The molecule has 0 saturated carbocycles. The van der Waals surface area contributed by atoms with Gasteiger partial charge >= 0.3 is 0 Å². The van der Waals surface area contributed by atoms with E-state index in [9.17, 15) is 9.59 Å². The summed E-state index contributed by atoms with van der Waals surface area (Å²) in [5.41, 5.74) is 3.88. The molecular weight excluding hydrogens is 374 g/mol. The van der Waals surface area contributed by atoms with Crippen molar-refractivity contribution in [3.8, 4) is 0 Å². The molecule has 0 aromatic heterocycles. The van der Waals surface area contributed by atoms with Gasteiger partial charge in [0.15, 0.2) is 0 Å². The first kappa shape index (κ1) is 19.2. The molecule has 2 saturated heterocycles. The van der Waals surface area contributed by atoms with Crippen LogP contribution in [0.15, 0.2) is 48.5 Å². The highest BCUT2D eigenvalue weighted by Gasteiger charge is 2.35. The Morgan fingerprint density at radius 1 is 0.967 bits per heavy atom. The standard InChI is InChI=1S/C25H29N3O2/c29-24-23-8-4-5-13-28(23)22-10-9-20(17-21(22)26-24)25(30)27-14-11-19(12-15-27)16-18-6-2-1-3-7-18/h1-3,6-7,9-10,17,19,23H,4-5,8,11-16H2,(H,26,29)/t23-/m0/s1. The van der Waals surface area contributed by atoms with Crippen LogP contribution in [0, 0.1) is 5.92 Å². The molecule has 2 aromatic carbocycles. The van der Waals surface area contributed by atoms with E-state index in [1.54, 1.807) is 0 Å². The summed E-state index contributed by atoms with van der Waals surface area (Å²) in [6, 6.07) is 16.4. The number of nitrogens with one attached hydrogen (secondary N) is 1. The van der Waals surface area contributed by atoms with E-state index in [1.807, 2.05) is 23.1 Å². The Hall–Kier alpha value is -2.82. The Balaban J connectivity index is 1.25. The number of hydrogen-bond donors (Lipinski definition) is 1. The van der Waals surface area contributed by atoms with Gasteiger partial charge in [0.2, 0.25) is 5.91 Å². The van der Waals surface area contributed by atoms with E-state index in [4.69, 9.17) is 0 Å². The molecule has 2 amide bonds. The van der Waals surface area contributed by atoms with Crippen LogP contribution in [0.3, 0.4) is 0 Å². The number of piperidine rings is 2. The molecule has 156 valence electrons. The van der Waals surface area contributed by atoms with Crippen molar-refractivity contribution < 1.29 is 9.59 Å². The molecule has 0 radical (unpaired) electrons. The molecule has 0 aliphatic carbocycles. The number of nitrogens with zero attached hydrogens (tertiary/aromatic N) is 2. The lowest BCUT2D eigenvalue weighted by molar-refractivity contribution is -0.118. The molecule has 3 heterocycles. The van der Waals surface area contributed by atoms with Gasteiger partial charge in [-0.2, -0.15) is 0 Å². The Labute approximate surface area is 178 Å². The van der Waals surface area contributed by atoms with Gasteiger partial charge in [0.25, 0.3) is 5.91 Å². The quantitative estimate of drug-likeness (QED) is 0.840. The van der Waals surface area contributed by atoms with E-state index < -0.39 is 0 Å². The Bertz CT molecular complexity index is 935. The summed E-state index contributed by atoms with van der Waals surface area (Å²) in [6.45, 7) is 2.51. The van der Waals surface area contributed by atoms with Gasteiger partial charge in [-0.05, 0) is 68.2 Å². The average Bonchev–Trinajstić information content (AvgIpc) is 2.80. The molecule has 1 atom stereocenters. The van der Waals surface area contributed by atoms with Crippen LogP contribution in [0.25, 0.3) is 0 Å². The van der Waals surface area contributed by atoms with Crippen molar-refractivity contribution in [2.24, 2.45) is 5.92 Å². The Morgan fingerprint density at radius 2 is 1.77 bits per heavy atom. The van der Waals surface area contributed by atoms with Crippen LogP contribution in [0.5, 0.6) is 0 Å². The molecule has 3 aliphatic heterocycles. The van der Waals surface area contributed by atoms with Gasteiger partial charge in [0.05, 0.1) is 11.4 Å². The molecule has 3 aliphatic rings. The molecule has 0 spiro atoms. The fraction of sp³-hybridized carbons (Fsp3) is 0.440. The molecule has 0 bridgehead atoms. The van der Waals surface area contributed by atoms with Gasteiger partial charge in [0.1, 0.15) is 6.04 Å². The van der Waals surface area contributed by atoms with Crippen LogP contribution in [0.2, 0.25) is 0 Å². The summed E-state index contributed by atoms with van der Waals surface area (Å²) >= 11 is 0. The van der Waals surface area contributed by atoms with Crippen molar-refractivity contribution in [3.63, 3.8) is 0 Å². The van der Waals surface area contributed by atoms with E-state index in [2.05, 4.69) is 40.5 Å². The summed E-state index contributed by atoms with van der Waals surface area (Å²) in [4.78, 5) is 29.8. The lowest BCUT2D eigenvalue weighted by Crippen LogP contribution is -2.50. The second kappa shape index (κ2) is 8.13. The number of fused-ring (bicyclic) bond motifs is 3. The van der Waals surface area contributed by atoms with Gasteiger partial charge in [-0.3, -0.25) is 9.59 Å². The van der Waals surface area contributed by atoms with Crippen molar-refractivity contribution in [3.05, 3.63) is 59.7 Å². The maximum Gasteiger partial charge on any atom is 0.253 e. The van der Waals surface area contributed by atoms with E-state index in [1.165, 1.54) is 5.56 Å². The second-order valence-electron chi connectivity index (χ2n) is 8.85. The lowest BCUT2D eigenvalue weighted by Gasteiger charge is -2.41. The first-order valence-electron chi connectivity index (χ1n) is 11.2. The number of anilines is 2. The highest BCUT2D eigenvalue weighted by Crippen LogP contribution is 2.37. The van der Waals surface area contributed by atoms with E-state index in [0.717, 1.165) is 69.5 Å². The van der Waals surface area contributed by atoms with E-state index in [0.29, 0.717) is 11.5 Å². The van der Waals surface area contributed by atoms with Crippen molar-refractivity contribution >= 4 is 23.2 Å². The lowest BCUT2D eigenvalue weighted by atomic mass is 9.90. The molecular formula is C25H29N3O2. The zero-order chi connectivity index (χ0) is 20.5. The predicted molar refractivity (Wildman–Crippen MR) is 119 cm³/mol. The van der Waals surface area contributed by atoms with Crippen LogP contribution < -0.4 is 10.2 Å². The van der Waals surface area contributed by atoms with Crippen molar-refractivity contribution in [1.82, 2.24) is 4.90 Å². The fourth-order valence-electron chi connectivity index (χ4n) is 5.20. The zero-order valence-electron chi connectivity index (χ0n) is 17.3. The fourth-order valence-corrected chi connectivity index (χ4v) is 5.20. The molecule has 5 rings (SSSR count). The minimum atomic E-state index is -0.0588. The first-order chi connectivity index (χ1) is 14.7. The summed E-state index contributed by atoms with van der Waals surface area (Å²) < 4.78 is 0. The van der Waals surface area contributed by atoms with Crippen LogP contribution in [0.1, 0.15) is 48.0 Å². The van der Waals surface area contributed by atoms with Gasteiger partial charge in [-0.1, -0.05) is 30.3 Å². The number of likely N-dealkylation sites (tertiary alicyclic amines) is 1. The number of carbonyl (C=O) groups excluding carboxylic acids is 2. The second-order valence-corrected chi connectivity index (χ2v) is 8.85. The highest BCUT2D eigenvalue weighted by atomic mass is 16.2. The van der Waals surface area contributed by atoms with Crippen molar-refractivity contribution in [2.45, 2.75) is 44.6 Å². The normalized spacial score (nSPS) is 21.6. The molecule has 5 nitrogen and oxygen atoms in total. The molecule has 0 unspecified atom stereocenters. The third-order valence-corrected chi connectivity index (χ3v) is 6.89. The topological polar surface area (TPSA) is 52.7 Å². The van der Waals surface area contributed by atoms with Gasteiger partial charge < -0.3 is 15.1 Å². The summed E-state index contributed by atoms with van der Waals surface area (Å²) in [6.07, 6.45) is 6.28. The predicted octanol–water partition coefficient (Wildman–Crippen LogP) is 4.09. The van der Waals surface area contributed by atoms with Gasteiger partial charge in [-0.25, -0.2) is 0 Å². The maximum atomic E-state index is 13.1. The highest BCUT2D eigenvalue weighted by molar-refractivity contribution is 6.05. The molecule has 1 N–H and O–H groups in total.